The number of halogens is 1. The van der Waals surface area contributed by atoms with Gasteiger partial charge in [0.15, 0.2) is 18.1 Å². The molecule has 1 aliphatic rings. The fraction of sp³-hybridized carbons (Fsp3) is 0.148. The number of hydrogen-bond donors (Lipinski definition) is 1. The summed E-state index contributed by atoms with van der Waals surface area (Å²) in [5, 5.41) is 13.4. The topological polar surface area (TPSA) is 128 Å². The van der Waals surface area contributed by atoms with Crippen molar-refractivity contribution in [2.24, 2.45) is 0 Å². The average molecular weight is 568 g/mol. The first-order valence-corrected chi connectivity index (χ1v) is 12.9. The van der Waals surface area contributed by atoms with Gasteiger partial charge in [0, 0.05) is 17.8 Å². The van der Waals surface area contributed by atoms with Crippen LogP contribution in [-0.4, -0.2) is 40.1 Å². The second kappa shape index (κ2) is 12.5. The Hall–Kier alpha value is -4.35. The van der Waals surface area contributed by atoms with Crippen molar-refractivity contribution in [3.63, 3.8) is 0 Å². The van der Waals surface area contributed by atoms with Crippen molar-refractivity contribution in [2.45, 2.75) is 13.5 Å². The molecule has 39 heavy (non-hydrogen) atoms. The van der Waals surface area contributed by atoms with Gasteiger partial charge >= 0.3 is 0 Å². The highest BCUT2D eigenvalue weighted by Gasteiger charge is 2.35. The molecule has 0 aliphatic carbocycles. The highest BCUT2D eigenvalue weighted by Crippen LogP contribution is 2.39. The third kappa shape index (κ3) is 6.95. The Morgan fingerprint density at radius 1 is 1.10 bits per heavy atom. The maximum absolute atomic E-state index is 13.0. The molecule has 0 aromatic heterocycles. The van der Waals surface area contributed by atoms with Gasteiger partial charge in [0.05, 0.1) is 28.0 Å². The maximum Gasteiger partial charge on any atom is 0.293 e. The normalized spacial score (nSPS) is 14.0. The number of amides is 3. The molecule has 0 atom stereocenters. The van der Waals surface area contributed by atoms with Gasteiger partial charge in [0.25, 0.3) is 22.7 Å². The molecule has 1 N–H and O–H groups in total. The number of nitrogens with one attached hydrogen (secondary N) is 1. The second-order valence-electron chi connectivity index (χ2n) is 8.16. The lowest BCUT2D eigenvalue weighted by Gasteiger charge is -2.15. The van der Waals surface area contributed by atoms with Crippen LogP contribution in [0.2, 0.25) is 5.02 Å². The van der Waals surface area contributed by atoms with E-state index < -0.39 is 16.1 Å². The predicted molar refractivity (Wildman–Crippen MR) is 148 cm³/mol. The fourth-order valence-electron chi connectivity index (χ4n) is 3.67. The molecule has 3 aromatic carbocycles. The third-order valence-corrected chi connectivity index (χ3v) is 6.56. The Bertz CT molecular complexity index is 1460. The number of para-hydroxylation sites is 1. The van der Waals surface area contributed by atoms with E-state index in [0.717, 1.165) is 16.7 Å². The van der Waals surface area contributed by atoms with Gasteiger partial charge in [0.1, 0.15) is 0 Å². The van der Waals surface area contributed by atoms with Gasteiger partial charge in [0.2, 0.25) is 0 Å². The van der Waals surface area contributed by atoms with E-state index >= 15 is 0 Å². The van der Waals surface area contributed by atoms with Crippen LogP contribution in [0.5, 0.6) is 11.5 Å². The minimum Gasteiger partial charge on any atom is -0.490 e. The molecule has 0 saturated carbocycles. The molecule has 4 rings (SSSR count). The van der Waals surface area contributed by atoms with E-state index in [1.807, 2.05) is 6.07 Å². The van der Waals surface area contributed by atoms with Crippen molar-refractivity contribution < 1.29 is 28.8 Å². The number of nitrogens with zero attached hydrogens (tertiary/aromatic N) is 2. The molecule has 1 saturated heterocycles. The zero-order valence-electron chi connectivity index (χ0n) is 20.6. The number of non-ortho nitro benzene ring substituents is 1. The van der Waals surface area contributed by atoms with Gasteiger partial charge in [-0.2, -0.15) is 0 Å². The fourth-order valence-corrected chi connectivity index (χ4v) is 4.78. The lowest BCUT2D eigenvalue weighted by molar-refractivity contribution is -0.384. The molecule has 0 unspecified atom stereocenters. The van der Waals surface area contributed by atoms with Crippen LogP contribution in [-0.2, 0) is 16.1 Å². The molecule has 3 amide bonds. The minimum absolute atomic E-state index is 0.105. The number of thioether (sulfide) groups is 1. The first kappa shape index (κ1) is 27.7. The smallest absolute Gasteiger partial charge is 0.293 e. The van der Waals surface area contributed by atoms with E-state index in [1.165, 1.54) is 30.3 Å². The number of nitro groups is 1. The Morgan fingerprint density at radius 3 is 2.59 bits per heavy atom. The third-order valence-electron chi connectivity index (χ3n) is 5.37. The lowest BCUT2D eigenvalue weighted by Crippen LogP contribution is -2.27. The summed E-state index contributed by atoms with van der Waals surface area (Å²) in [4.78, 5) is 49.5. The van der Waals surface area contributed by atoms with Crippen LogP contribution in [0.4, 0.5) is 16.2 Å². The highest BCUT2D eigenvalue weighted by molar-refractivity contribution is 8.18. The monoisotopic (exact) mass is 567 g/mol. The molecule has 10 nitrogen and oxygen atoms in total. The van der Waals surface area contributed by atoms with Gasteiger partial charge in [-0.05, 0) is 60.2 Å². The van der Waals surface area contributed by atoms with E-state index in [1.54, 1.807) is 43.3 Å². The molecule has 1 heterocycles. The van der Waals surface area contributed by atoms with E-state index in [9.17, 15) is 24.5 Å². The first-order chi connectivity index (χ1) is 18.7. The number of carbonyl (C=O) groups is 3. The van der Waals surface area contributed by atoms with E-state index in [-0.39, 0.29) is 52.8 Å². The minimum atomic E-state index is -0.542. The van der Waals surface area contributed by atoms with Crippen molar-refractivity contribution in [2.75, 3.05) is 18.5 Å². The van der Waals surface area contributed by atoms with Crippen molar-refractivity contribution in [1.82, 2.24) is 4.90 Å². The Morgan fingerprint density at radius 2 is 1.87 bits per heavy atom. The molecule has 12 heteroatoms. The summed E-state index contributed by atoms with van der Waals surface area (Å²) in [5.74, 6) is -0.498. The van der Waals surface area contributed by atoms with Crippen molar-refractivity contribution in [1.29, 1.82) is 0 Å². The summed E-state index contributed by atoms with van der Waals surface area (Å²) in [7, 11) is 0. The van der Waals surface area contributed by atoms with Gasteiger partial charge in [-0.1, -0.05) is 41.9 Å². The highest BCUT2D eigenvalue weighted by atomic mass is 35.5. The van der Waals surface area contributed by atoms with Crippen LogP contribution in [0.25, 0.3) is 6.08 Å². The van der Waals surface area contributed by atoms with Gasteiger partial charge in [-0.3, -0.25) is 29.4 Å². The Kier molecular flexibility index (Phi) is 8.84. The number of imide groups is 1. The first-order valence-electron chi connectivity index (χ1n) is 11.7. The number of anilines is 1. The van der Waals surface area contributed by atoms with Crippen LogP contribution in [0.15, 0.2) is 71.6 Å². The van der Waals surface area contributed by atoms with Crippen LogP contribution in [0, 0.1) is 10.1 Å². The van der Waals surface area contributed by atoms with Crippen LogP contribution >= 0.6 is 23.4 Å². The van der Waals surface area contributed by atoms with Crippen LogP contribution in [0.1, 0.15) is 18.1 Å². The van der Waals surface area contributed by atoms with Crippen molar-refractivity contribution in [3.05, 3.63) is 97.9 Å². The van der Waals surface area contributed by atoms with Crippen LogP contribution < -0.4 is 14.8 Å². The number of carbonyl (C=O) groups excluding carboxylic acids is 3. The second-order valence-corrected chi connectivity index (χ2v) is 9.56. The zero-order chi connectivity index (χ0) is 27.9. The number of nitro benzene ring substituents is 1. The summed E-state index contributed by atoms with van der Waals surface area (Å²) in [6.07, 6.45) is 1.50. The quantitative estimate of drug-likeness (QED) is 0.182. The van der Waals surface area contributed by atoms with Crippen molar-refractivity contribution >= 4 is 57.9 Å². The summed E-state index contributed by atoms with van der Waals surface area (Å²) < 4.78 is 11.3. The van der Waals surface area contributed by atoms with E-state index in [2.05, 4.69) is 5.32 Å². The standard InChI is InChI=1S/C27H22ClN3O7S/c1-2-37-22-13-18(12-21(28)25(22)38-16-24(32)29-19-8-4-3-5-9-19)14-23-26(33)30(27(34)39-23)15-17-7-6-10-20(11-17)31(35)36/h3-14H,2,15-16H2,1H3,(H,29,32)/b23-14+. The number of ether oxygens (including phenoxy) is 2. The molecular formula is C27H22ClN3O7S. The molecule has 0 bridgehead atoms. The molecule has 3 aromatic rings. The maximum atomic E-state index is 13.0. The number of hydrogen-bond acceptors (Lipinski definition) is 8. The molecule has 1 fully saturated rings. The van der Waals surface area contributed by atoms with Gasteiger partial charge < -0.3 is 14.8 Å². The molecule has 0 spiro atoms. The summed E-state index contributed by atoms with van der Waals surface area (Å²) in [6, 6.07) is 17.8. The van der Waals surface area contributed by atoms with Crippen LogP contribution in [0.3, 0.4) is 0 Å². The SMILES string of the molecule is CCOc1cc(/C=C2/SC(=O)N(Cc3cccc([N+](=O)[O-])c3)C2=O)cc(Cl)c1OCC(=O)Nc1ccccc1. The number of benzene rings is 3. The van der Waals surface area contributed by atoms with Gasteiger partial charge in [-0.25, -0.2) is 0 Å². The number of rotatable bonds is 10. The molecule has 200 valence electrons. The Balaban J connectivity index is 1.50. The summed E-state index contributed by atoms with van der Waals surface area (Å²) in [6.45, 7) is 1.63. The average Bonchev–Trinajstić information content (AvgIpc) is 3.16. The van der Waals surface area contributed by atoms with Crippen molar-refractivity contribution in [3.8, 4) is 11.5 Å². The Labute approximate surface area is 232 Å². The molecule has 1 aliphatic heterocycles. The summed E-state index contributed by atoms with van der Waals surface area (Å²) in [5.41, 5.74) is 1.42. The lowest BCUT2D eigenvalue weighted by atomic mass is 10.1. The summed E-state index contributed by atoms with van der Waals surface area (Å²) >= 11 is 7.20. The van der Waals surface area contributed by atoms with E-state index in [4.69, 9.17) is 21.1 Å². The predicted octanol–water partition coefficient (Wildman–Crippen LogP) is 5.90. The molecule has 0 radical (unpaired) electrons. The zero-order valence-corrected chi connectivity index (χ0v) is 22.2. The van der Waals surface area contributed by atoms with Gasteiger partial charge in [-0.15, -0.1) is 0 Å². The molecular weight excluding hydrogens is 546 g/mol. The largest absolute Gasteiger partial charge is 0.490 e. The van der Waals surface area contributed by atoms with E-state index in [0.29, 0.717) is 16.8 Å².